The summed E-state index contributed by atoms with van der Waals surface area (Å²) >= 11 is 0. The average Bonchev–Trinajstić information content (AvgIpc) is 2.22. The van der Waals surface area contributed by atoms with Gasteiger partial charge in [-0.1, -0.05) is 18.6 Å². The number of rotatable bonds is 4. The topological polar surface area (TPSA) is 71.4 Å². The first-order chi connectivity index (χ1) is 8.32. The van der Waals surface area contributed by atoms with E-state index in [1.165, 1.54) is 6.26 Å². The summed E-state index contributed by atoms with van der Waals surface area (Å²) in [5.74, 6) is -0.820. The third-order valence-corrected chi connectivity index (χ3v) is 4.67. The normalized spacial score (nSPS) is 18.1. The molecule has 0 atom stereocenters. The molecular formula is C13H16O4S. The quantitative estimate of drug-likeness (QED) is 0.904. The summed E-state index contributed by atoms with van der Waals surface area (Å²) in [6.07, 6.45) is 3.98. The van der Waals surface area contributed by atoms with Crippen molar-refractivity contribution in [1.82, 2.24) is 0 Å². The van der Waals surface area contributed by atoms with Crippen LogP contribution in [0.25, 0.3) is 0 Å². The maximum absolute atomic E-state index is 11.5. The van der Waals surface area contributed by atoms with Crippen molar-refractivity contribution in [3.05, 3.63) is 35.4 Å². The molecule has 0 spiro atoms. The van der Waals surface area contributed by atoms with Crippen LogP contribution in [0.5, 0.6) is 0 Å². The van der Waals surface area contributed by atoms with Crippen molar-refractivity contribution < 1.29 is 18.3 Å². The van der Waals surface area contributed by atoms with Crippen molar-refractivity contribution in [2.24, 2.45) is 0 Å². The Hall–Kier alpha value is -1.36. The Morgan fingerprint density at radius 1 is 1.28 bits per heavy atom. The van der Waals surface area contributed by atoms with Crippen molar-refractivity contribution in [3.63, 3.8) is 0 Å². The predicted octanol–water partition coefficient (Wildman–Crippen LogP) is 1.85. The lowest BCUT2D eigenvalue weighted by atomic mass is 9.66. The highest BCUT2D eigenvalue weighted by atomic mass is 32.2. The molecule has 1 aromatic carbocycles. The maximum Gasteiger partial charge on any atom is 0.335 e. The monoisotopic (exact) mass is 268 g/mol. The van der Waals surface area contributed by atoms with Gasteiger partial charge in [-0.25, -0.2) is 13.2 Å². The maximum atomic E-state index is 11.5. The van der Waals surface area contributed by atoms with E-state index in [9.17, 15) is 13.2 Å². The lowest BCUT2D eigenvalue weighted by Crippen LogP contribution is -2.40. The Kier molecular flexibility index (Phi) is 3.19. The van der Waals surface area contributed by atoms with E-state index in [2.05, 4.69) is 0 Å². The molecule has 98 valence electrons. The molecule has 4 nitrogen and oxygen atoms in total. The van der Waals surface area contributed by atoms with Crippen LogP contribution in [0, 0.1) is 0 Å². The van der Waals surface area contributed by atoms with Crippen molar-refractivity contribution in [3.8, 4) is 0 Å². The number of carboxylic acid groups (broad SMARTS) is 1. The molecule has 18 heavy (non-hydrogen) atoms. The van der Waals surface area contributed by atoms with Gasteiger partial charge >= 0.3 is 5.97 Å². The van der Waals surface area contributed by atoms with Gasteiger partial charge in [0.2, 0.25) is 0 Å². The minimum absolute atomic E-state index is 0.145. The summed E-state index contributed by atoms with van der Waals surface area (Å²) in [6.45, 7) is 0. The van der Waals surface area contributed by atoms with Crippen LogP contribution >= 0.6 is 0 Å². The zero-order valence-electron chi connectivity index (χ0n) is 10.2. The Morgan fingerprint density at radius 3 is 2.17 bits per heavy atom. The number of sulfone groups is 1. The van der Waals surface area contributed by atoms with Crippen LogP contribution in [-0.2, 0) is 15.3 Å². The molecular weight excluding hydrogens is 252 g/mol. The molecule has 0 saturated heterocycles. The number of hydrogen-bond acceptors (Lipinski definition) is 3. The fourth-order valence-electron chi connectivity index (χ4n) is 2.59. The largest absolute Gasteiger partial charge is 0.478 e. The third-order valence-electron chi connectivity index (χ3n) is 3.59. The lowest BCUT2D eigenvalue weighted by molar-refractivity contribution is 0.0696. The second-order valence-electron chi connectivity index (χ2n) is 5.09. The second kappa shape index (κ2) is 4.39. The van der Waals surface area contributed by atoms with Gasteiger partial charge in [0, 0.05) is 11.7 Å². The van der Waals surface area contributed by atoms with Crippen molar-refractivity contribution in [2.75, 3.05) is 12.0 Å². The highest BCUT2D eigenvalue weighted by Crippen LogP contribution is 2.44. The van der Waals surface area contributed by atoms with E-state index in [4.69, 9.17) is 5.11 Å². The predicted molar refractivity (Wildman–Crippen MR) is 68.6 cm³/mol. The Balaban J connectivity index is 2.31. The zero-order chi connectivity index (χ0) is 13.4. The highest BCUT2D eigenvalue weighted by molar-refractivity contribution is 7.90. The van der Waals surface area contributed by atoms with E-state index in [1.54, 1.807) is 24.3 Å². The van der Waals surface area contributed by atoms with Gasteiger partial charge in [0.15, 0.2) is 0 Å². The summed E-state index contributed by atoms with van der Waals surface area (Å²) in [5.41, 5.74) is 0.863. The molecule has 5 heteroatoms. The van der Waals surface area contributed by atoms with E-state index in [1.807, 2.05) is 0 Å². The number of benzene rings is 1. The van der Waals surface area contributed by atoms with E-state index in [0.29, 0.717) is 0 Å². The van der Waals surface area contributed by atoms with Crippen LogP contribution in [0.1, 0.15) is 35.2 Å². The van der Waals surface area contributed by atoms with Gasteiger partial charge in [-0.3, -0.25) is 0 Å². The van der Waals surface area contributed by atoms with Crippen LogP contribution in [0.4, 0.5) is 0 Å². The van der Waals surface area contributed by atoms with Gasteiger partial charge in [-0.15, -0.1) is 0 Å². The van der Waals surface area contributed by atoms with Crippen molar-refractivity contribution >= 4 is 15.8 Å². The molecule has 1 saturated carbocycles. The summed E-state index contributed by atoms with van der Waals surface area (Å²) < 4.78 is 23.0. The first kappa shape index (κ1) is 13.1. The highest BCUT2D eigenvalue weighted by Gasteiger charge is 2.41. The zero-order valence-corrected chi connectivity index (χ0v) is 11.0. The fourth-order valence-corrected chi connectivity index (χ4v) is 4.05. The SMILES string of the molecule is CS(=O)(=O)CC1(c2ccc(C(=O)O)cc2)CCC1. The van der Waals surface area contributed by atoms with Crippen molar-refractivity contribution in [2.45, 2.75) is 24.7 Å². The lowest BCUT2D eigenvalue weighted by Gasteiger charge is -2.42. The number of hydrogen-bond donors (Lipinski definition) is 1. The van der Waals surface area contributed by atoms with E-state index < -0.39 is 15.8 Å². The standard InChI is InChI=1S/C13H16O4S/c1-18(16,17)9-13(7-2-8-13)11-5-3-10(4-6-11)12(14)15/h3-6H,2,7-9H2,1H3,(H,14,15). The molecule has 0 amide bonds. The first-order valence-corrected chi connectivity index (χ1v) is 7.90. The first-order valence-electron chi connectivity index (χ1n) is 5.84. The fraction of sp³-hybridized carbons (Fsp3) is 0.462. The molecule has 1 N–H and O–H groups in total. The Morgan fingerprint density at radius 2 is 1.83 bits per heavy atom. The van der Waals surface area contributed by atoms with E-state index >= 15 is 0 Å². The van der Waals surface area contributed by atoms with Gasteiger partial charge in [-0.2, -0.15) is 0 Å². The van der Waals surface area contributed by atoms with Crippen LogP contribution in [0.2, 0.25) is 0 Å². The van der Waals surface area contributed by atoms with Crippen LogP contribution in [0.15, 0.2) is 24.3 Å². The number of aromatic carboxylic acids is 1. The summed E-state index contributed by atoms with van der Waals surface area (Å²) in [5, 5.41) is 8.84. The summed E-state index contributed by atoms with van der Waals surface area (Å²) in [7, 11) is -3.03. The van der Waals surface area contributed by atoms with Crippen molar-refractivity contribution in [1.29, 1.82) is 0 Å². The van der Waals surface area contributed by atoms with Crippen LogP contribution < -0.4 is 0 Å². The number of carboxylic acids is 1. The van der Waals surface area contributed by atoms with Crippen LogP contribution in [-0.4, -0.2) is 31.5 Å². The minimum atomic E-state index is -3.03. The Bertz CT molecular complexity index is 553. The van der Waals surface area contributed by atoms with Gasteiger partial charge in [0.1, 0.15) is 9.84 Å². The smallest absolute Gasteiger partial charge is 0.335 e. The second-order valence-corrected chi connectivity index (χ2v) is 7.23. The minimum Gasteiger partial charge on any atom is -0.478 e. The molecule has 0 radical (unpaired) electrons. The average molecular weight is 268 g/mol. The van der Waals surface area contributed by atoms with E-state index in [-0.39, 0.29) is 16.7 Å². The molecule has 0 heterocycles. The third kappa shape index (κ3) is 2.56. The molecule has 2 rings (SSSR count). The molecule has 1 fully saturated rings. The molecule has 1 aromatic rings. The van der Waals surface area contributed by atoms with Gasteiger partial charge in [0.25, 0.3) is 0 Å². The molecule has 0 unspecified atom stereocenters. The van der Waals surface area contributed by atoms with Gasteiger partial charge < -0.3 is 5.11 Å². The molecule has 0 bridgehead atoms. The molecule has 0 aliphatic heterocycles. The molecule has 0 aromatic heterocycles. The van der Waals surface area contributed by atoms with Gasteiger partial charge in [-0.05, 0) is 30.5 Å². The Labute approximate surface area is 107 Å². The van der Waals surface area contributed by atoms with Crippen LogP contribution in [0.3, 0.4) is 0 Å². The van der Waals surface area contributed by atoms with Gasteiger partial charge in [0.05, 0.1) is 11.3 Å². The molecule has 1 aliphatic carbocycles. The van der Waals surface area contributed by atoms with E-state index in [0.717, 1.165) is 24.8 Å². The summed E-state index contributed by atoms with van der Waals surface area (Å²) in [4.78, 5) is 10.8. The summed E-state index contributed by atoms with van der Waals surface area (Å²) in [6, 6.07) is 6.57. The molecule has 1 aliphatic rings. The number of carbonyl (C=O) groups is 1.